The molecule has 0 aliphatic carbocycles. The molecule has 1 heterocycles. The van der Waals surface area contributed by atoms with E-state index in [0.717, 1.165) is 11.3 Å². The van der Waals surface area contributed by atoms with Gasteiger partial charge in [0.1, 0.15) is 10.6 Å². The fourth-order valence-corrected chi connectivity index (χ4v) is 2.29. The van der Waals surface area contributed by atoms with Crippen molar-refractivity contribution in [2.45, 2.75) is 6.43 Å². The van der Waals surface area contributed by atoms with Crippen LogP contribution in [0.3, 0.4) is 0 Å². The maximum absolute atomic E-state index is 12.6. The number of rotatable bonds is 3. The number of hydrogen-bond donors (Lipinski definition) is 0. The van der Waals surface area contributed by atoms with Gasteiger partial charge in [0.15, 0.2) is 0 Å². The lowest BCUT2D eigenvalue weighted by Gasteiger charge is -2.01. The lowest BCUT2D eigenvalue weighted by Crippen LogP contribution is -2.03. The molecule has 6 heteroatoms. The van der Waals surface area contributed by atoms with Crippen LogP contribution in [0.2, 0.25) is 5.02 Å². The van der Waals surface area contributed by atoms with E-state index in [1.165, 1.54) is 17.6 Å². The molecule has 0 amide bonds. The van der Waals surface area contributed by atoms with Crippen LogP contribution in [0.25, 0.3) is 0 Å². The molecular formula is C11H6ClF2NOS. The molecule has 0 spiro atoms. The van der Waals surface area contributed by atoms with E-state index in [-0.39, 0.29) is 10.4 Å². The molecule has 0 saturated heterocycles. The van der Waals surface area contributed by atoms with Crippen LogP contribution in [0.5, 0.6) is 0 Å². The number of alkyl halides is 2. The van der Waals surface area contributed by atoms with Gasteiger partial charge in [-0.1, -0.05) is 23.7 Å². The summed E-state index contributed by atoms with van der Waals surface area (Å²) < 4.78 is 25.2. The monoisotopic (exact) mass is 273 g/mol. The number of carbonyl (C=O) groups is 1. The van der Waals surface area contributed by atoms with Gasteiger partial charge in [-0.15, -0.1) is 11.3 Å². The van der Waals surface area contributed by atoms with Gasteiger partial charge in [-0.05, 0) is 12.1 Å². The van der Waals surface area contributed by atoms with Crippen molar-refractivity contribution in [2.24, 2.45) is 0 Å². The zero-order valence-corrected chi connectivity index (χ0v) is 9.93. The van der Waals surface area contributed by atoms with Gasteiger partial charge in [-0.2, -0.15) is 0 Å². The molecule has 0 saturated carbocycles. The summed E-state index contributed by atoms with van der Waals surface area (Å²) in [7, 11) is 0. The normalized spacial score (nSPS) is 10.8. The molecule has 17 heavy (non-hydrogen) atoms. The Morgan fingerprint density at radius 1 is 1.41 bits per heavy atom. The summed E-state index contributed by atoms with van der Waals surface area (Å²) in [5.41, 5.74) is 1.04. The number of hydrogen-bond acceptors (Lipinski definition) is 3. The minimum Gasteiger partial charge on any atom is -0.288 e. The Hall–Kier alpha value is -1.33. The summed E-state index contributed by atoms with van der Waals surface area (Å²) in [5.74, 6) is -0.481. The highest BCUT2D eigenvalue weighted by Gasteiger charge is 2.22. The molecule has 1 aromatic heterocycles. The number of benzene rings is 1. The number of ketones is 1. The van der Waals surface area contributed by atoms with E-state index in [9.17, 15) is 13.6 Å². The molecule has 2 aromatic rings. The molecule has 0 aliphatic heterocycles. The molecule has 0 bridgehead atoms. The van der Waals surface area contributed by atoms with Gasteiger partial charge in [0.25, 0.3) is 6.43 Å². The van der Waals surface area contributed by atoms with E-state index < -0.39 is 17.9 Å². The summed E-state index contributed by atoms with van der Waals surface area (Å²) in [6, 6.07) is 6.18. The summed E-state index contributed by atoms with van der Waals surface area (Å²) in [6.45, 7) is 0. The first kappa shape index (κ1) is 12.1. The van der Waals surface area contributed by atoms with E-state index in [1.54, 1.807) is 12.1 Å². The molecule has 2 nitrogen and oxygen atoms in total. The number of thiazole rings is 1. The molecule has 0 aliphatic rings. The molecular weight excluding hydrogens is 268 g/mol. The van der Waals surface area contributed by atoms with Crippen LogP contribution in [0.4, 0.5) is 8.78 Å². The Balaban J connectivity index is 2.41. The van der Waals surface area contributed by atoms with Gasteiger partial charge < -0.3 is 0 Å². The third kappa shape index (κ3) is 2.50. The largest absolute Gasteiger partial charge is 0.288 e. The molecule has 0 unspecified atom stereocenters. The van der Waals surface area contributed by atoms with E-state index in [1.807, 2.05) is 0 Å². The van der Waals surface area contributed by atoms with Gasteiger partial charge in [-0.3, -0.25) is 4.79 Å². The Morgan fingerprint density at radius 2 is 2.18 bits per heavy atom. The minimum atomic E-state index is -2.75. The topological polar surface area (TPSA) is 30.0 Å². The van der Waals surface area contributed by atoms with E-state index >= 15 is 0 Å². The summed E-state index contributed by atoms with van der Waals surface area (Å²) in [4.78, 5) is 15.4. The molecule has 88 valence electrons. The molecule has 0 radical (unpaired) electrons. The summed E-state index contributed by atoms with van der Waals surface area (Å²) in [6.07, 6.45) is -2.75. The van der Waals surface area contributed by atoms with Crippen LogP contribution in [-0.2, 0) is 0 Å². The zero-order valence-electron chi connectivity index (χ0n) is 8.36. The van der Waals surface area contributed by atoms with Crippen molar-refractivity contribution in [1.29, 1.82) is 0 Å². The Kier molecular flexibility index (Phi) is 3.49. The first-order valence-electron chi connectivity index (χ1n) is 4.61. The van der Waals surface area contributed by atoms with Crippen molar-refractivity contribution in [3.05, 3.63) is 50.9 Å². The average molecular weight is 274 g/mol. The number of nitrogens with zero attached hydrogens (tertiary/aromatic N) is 1. The lowest BCUT2D eigenvalue weighted by molar-refractivity contribution is 0.102. The summed E-state index contributed by atoms with van der Waals surface area (Å²) in [5, 5.41) is 0.388. The van der Waals surface area contributed by atoms with Crippen molar-refractivity contribution in [3.63, 3.8) is 0 Å². The highest BCUT2D eigenvalue weighted by molar-refractivity contribution is 7.12. The van der Waals surface area contributed by atoms with E-state index in [4.69, 9.17) is 11.6 Å². The van der Waals surface area contributed by atoms with Crippen LogP contribution < -0.4 is 0 Å². The lowest BCUT2D eigenvalue weighted by atomic mass is 10.1. The molecule has 2 rings (SSSR count). The van der Waals surface area contributed by atoms with Gasteiger partial charge >= 0.3 is 0 Å². The van der Waals surface area contributed by atoms with E-state index in [0.29, 0.717) is 5.02 Å². The fraction of sp³-hybridized carbons (Fsp3) is 0.0909. The Bertz CT molecular complexity index is 556. The number of aromatic nitrogens is 1. The highest BCUT2D eigenvalue weighted by atomic mass is 35.5. The van der Waals surface area contributed by atoms with Crippen LogP contribution in [0.1, 0.15) is 27.4 Å². The Labute approximate surface area is 105 Å². The first-order chi connectivity index (χ1) is 8.09. The summed E-state index contributed by atoms with van der Waals surface area (Å²) >= 11 is 6.64. The quantitative estimate of drug-likeness (QED) is 0.792. The third-order valence-electron chi connectivity index (χ3n) is 2.09. The second-order valence-corrected chi connectivity index (χ2v) is 4.50. The third-order valence-corrected chi connectivity index (χ3v) is 3.17. The molecule has 1 aromatic carbocycles. The van der Waals surface area contributed by atoms with Crippen LogP contribution in [0, 0.1) is 0 Å². The van der Waals surface area contributed by atoms with E-state index in [2.05, 4.69) is 4.98 Å². The maximum Gasteiger partial charge on any atom is 0.281 e. The first-order valence-corrected chi connectivity index (χ1v) is 5.87. The van der Waals surface area contributed by atoms with Crippen molar-refractivity contribution in [1.82, 2.24) is 4.98 Å². The standard InChI is InChI=1S/C11H6ClF2NOS/c12-7-3-1-2-6(4-7)9(16)10-8(11(13)14)15-5-17-10/h1-5,11H. The number of halogens is 3. The SMILES string of the molecule is O=C(c1cccc(Cl)c1)c1scnc1C(F)F. The second-order valence-electron chi connectivity index (χ2n) is 3.21. The van der Waals surface area contributed by atoms with Crippen molar-refractivity contribution >= 4 is 28.7 Å². The zero-order chi connectivity index (χ0) is 12.4. The predicted molar refractivity (Wildman–Crippen MR) is 62.0 cm³/mol. The van der Waals surface area contributed by atoms with Crippen LogP contribution in [0.15, 0.2) is 29.8 Å². The van der Waals surface area contributed by atoms with Crippen molar-refractivity contribution < 1.29 is 13.6 Å². The predicted octanol–water partition coefficient (Wildman–Crippen LogP) is 3.97. The molecule has 0 N–H and O–H groups in total. The van der Waals surface area contributed by atoms with Gasteiger partial charge in [0, 0.05) is 10.6 Å². The smallest absolute Gasteiger partial charge is 0.281 e. The Morgan fingerprint density at radius 3 is 2.82 bits per heavy atom. The second kappa shape index (κ2) is 4.89. The van der Waals surface area contributed by atoms with Gasteiger partial charge in [0.05, 0.1) is 5.51 Å². The highest BCUT2D eigenvalue weighted by Crippen LogP contribution is 2.27. The average Bonchev–Trinajstić information content (AvgIpc) is 2.77. The number of carbonyl (C=O) groups excluding carboxylic acids is 1. The van der Waals surface area contributed by atoms with Crippen LogP contribution in [-0.4, -0.2) is 10.8 Å². The molecule has 0 atom stereocenters. The fourth-order valence-electron chi connectivity index (χ4n) is 1.34. The van der Waals surface area contributed by atoms with Gasteiger partial charge in [-0.25, -0.2) is 13.8 Å². The van der Waals surface area contributed by atoms with Gasteiger partial charge in [0.2, 0.25) is 5.78 Å². The van der Waals surface area contributed by atoms with Crippen molar-refractivity contribution in [3.8, 4) is 0 Å². The minimum absolute atomic E-state index is 0.0396. The maximum atomic E-state index is 12.6. The van der Waals surface area contributed by atoms with Crippen molar-refractivity contribution in [2.75, 3.05) is 0 Å². The van der Waals surface area contributed by atoms with Crippen LogP contribution >= 0.6 is 22.9 Å². The molecule has 0 fully saturated rings.